The molecule has 2 amide bonds. The highest BCUT2D eigenvalue weighted by Crippen LogP contribution is 2.31. The first kappa shape index (κ1) is 20.7. The van der Waals surface area contributed by atoms with Gasteiger partial charge in [0, 0.05) is 32.3 Å². The Balaban J connectivity index is 0.00000243. The van der Waals surface area contributed by atoms with Gasteiger partial charge in [0.25, 0.3) is 0 Å². The minimum Gasteiger partial charge on any atom is -0.384 e. The molecule has 6 nitrogen and oxygen atoms in total. The van der Waals surface area contributed by atoms with Crippen molar-refractivity contribution in [3.63, 3.8) is 0 Å². The topological polar surface area (TPSA) is 70.7 Å². The number of nitrogens with one attached hydrogen (secondary N) is 2. The molecule has 0 spiro atoms. The van der Waals surface area contributed by atoms with E-state index in [1.165, 1.54) is 0 Å². The Hall–Kier alpha value is -1.63. The van der Waals surface area contributed by atoms with Crippen LogP contribution in [0.25, 0.3) is 0 Å². The van der Waals surface area contributed by atoms with Crippen molar-refractivity contribution in [1.29, 1.82) is 0 Å². The normalized spacial score (nSPS) is 19.1. The fourth-order valence-electron chi connectivity index (χ4n) is 3.67. The average molecular weight is 382 g/mol. The molecule has 0 atom stereocenters. The third-order valence-electron chi connectivity index (χ3n) is 5.22. The molecule has 144 valence electrons. The first-order chi connectivity index (χ1) is 12.1. The molecule has 0 radical (unpaired) electrons. The maximum atomic E-state index is 12.8. The lowest BCUT2D eigenvalue weighted by molar-refractivity contribution is -0.130. The molecule has 3 rings (SSSR count). The van der Waals surface area contributed by atoms with Crippen LogP contribution in [0.15, 0.2) is 24.3 Å². The van der Waals surface area contributed by atoms with Gasteiger partial charge in [-0.25, -0.2) is 0 Å². The van der Waals surface area contributed by atoms with Crippen LogP contribution in [-0.2, 0) is 20.9 Å². The predicted octanol–water partition coefficient (Wildman–Crippen LogP) is 2.19. The molecule has 1 aromatic rings. The van der Waals surface area contributed by atoms with E-state index in [0.29, 0.717) is 19.6 Å². The highest BCUT2D eigenvalue weighted by atomic mass is 35.5. The van der Waals surface area contributed by atoms with Gasteiger partial charge in [-0.2, -0.15) is 0 Å². The minimum atomic E-state index is -0.458. The van der Waals surface area contributed by atoms with E-state index in [2.05, 4.69) is 10.6 Å². The molecule has 1 aromatic carbocycles. The minimum absolute atomic E-state index is 0. The molecule has 2 aliphatic heterocycles. The number of piperidine rings is 1. The Labute approximate surface area is 161 Å². The van der Waals surface area contributed by atoms with E-state index >= 15 is 0 Å². The largest absolute Gasteiger partial charge is 0.384 e. The second-order valence-electron chi connectivity index (χ2n) is 7.03. The molecule has 2 fully saturated rings. The molecule has 7 heteroatoms. The number of hydrogen-bond acceptors (Lipinski definition) is 4. The van der Waals surface area contributed by atoms with Crippen LogP contribution in [-0.4, -0.2) is 50.1 Å². The molecule has 0 saturated carbocycles. The Morgan fingerprint density at radius 2 is 1.96 bits per heavy atom. The first-order valence-electron chi connectivity index (χ1n) is 9.01. The molecule has 0 aromatic heterocycles. The summed E-state index contributed by atoms with van der Waals surface area (Å²) in [5.74, 6) is 0.253. The van der Waals surface area contributed by atoms with E-state index in [1.54, 1.807) is 7.11 Å². The summed E-state index contributed by atoms with van der Waals surface area (Å²) in [6.07, 6.45) is 3.16. The number of carbonyl (C=O) groups excluding carboxylic acids is 2. The Kier molecular flexibility index (Phi) is 7.43. The number of rotatable bonds is 6. The molecular weight excluding hydrogens is 354 g/mol. The molecule has 2 heterocycles. The van der Waals surface area contributed by atoms with E-state index in [4.69, 9.17) is 4.74 Å². The van der Waals surface area contributed by atoms with E-state index < -0.39 is 5.41 Å². The second kappa shape index (κ2) is 9.35. The SMILES string of the molecule is COCC1(C(=O)Nc2ccc(CN3CCCC3=O)cc2)CCNCC1.Cl. The lowest BCUT2D eigenvalue weighted by Gasteiger charge is -2.35. The summed E-state index contributed by atoms with van der Waals surface area (Å²) in [6.45, 7) is 3.59. The van der Waals surface area contributed by atoms with Gasteiger partial charge in [0.2, 0.25) is 11.8 Å². The van der Waals surface area contributed by atoms with E-state index in [0.717, 1.165) is 50.1 Å². The molecule has 0 aliphatic carbocycles. The lowest BCUT2D eigenvalue weighted by Crippen LogP contribution is -2.47. The molecule has 2 saturated heterocycles. The van der Waals surface area contributed by atoms with E-state index in [-0.39, 0.29) is 24.2 Å². The van der Waals surface area contributed by atoms with Crippen LogP contribution in [0, 0.1) is 5.41 Å². The number of likely N-dealkylation sites (tertiary alicyclic amines) is 1. The van der Waals surface area contributed by atoms with Gasteiger partial charge >= 0.3 is 0 Å². The standard InChI is InChI=1S/C19H27N3O3.ClH/c1-25-14-19(8-10-20-11-9-19)18(24)21-16-6-4-15(5-7-16)13-22-12-2-3-17(22)23;/h4-7,20H,2-3,8-14H2,1H3,(H,21,24);1H. The highest BCUT2D eigenvalue weighted by molar-refractivity contribution is 5.95. The molecule has 2 aliphatic rings. The van der Waals surface area contributed by atoms with Crippen LogP contribution in [0.2, 0.25) is 0 Å². The highest BCUT2D eigenvalue weighted by Gasteiger charge is 2.39. The zero-order valence-electron chi connectivity index (χ0n) is 15.3. The first-order valence-corrected chi connectivity index (χ1v) is 9.01. The van der Waals surface area contributed by atoms with Gasteiger partial charge in [-0.3, -0.25) is 9.59 Å². The van der Waals surface area contributed by atoms with Crippen molar-refractivity contribution in [1.82, 2.24) is 10.2 Å². The van der Waals surface area contributed by atoms with Crippen molar-refractivity contribution in [2.45, 2.75) is 32.2 Å². The van der Waals surface area contributed by atoms with Gasteiger partial charge in [0.15, 0.2) is 0 Å². The lowest BCUT2D eigenvalue weighted by atomic mass is 9.78. The summed E-state index contributed by atoms with van der Waals surface area (Å²) >= 11 is 0. The van der Waals surface area contributed by atoms with Crippen LogP contribution in [0.3, 0.4) is 0 Å². The maximum absolute atomic E-state index is 12.8. The van der Waals surface area contributed by atoms with Crippen molar-refractivity contribution < 1.29 is 14.3 Å². The third-order valence-corrected chi connectivity index (χ3v) is 5.22. The Bertz CT molecular complexity index is 609. The summed E-state index contributed by atoms with van der Waals surface area (Å²) in [6, 6.07) is 7.78. The van der Waals surface area contributed by atoms with E-state index in [9.17, 15) is 9.59 Å². The van der Waals surface area contributed by atoms with Gasteiger partial charge in [-0.05, 0) is 50.0 Å². The van der Waals surface area contributed by atoms with Crippen molar-refractivity contribution in [2.24, 2.45) is 5.41 Å². The van der Waals surface area contributed by atoms with Crippen molar-refractivity contribution in [2.75, 3.05) is 38.7 Å². The number of methoxy groups -OCH3 is 1. The summed E-state index contributed by atoms with van der Waals surface area (Å²) in [5, 5.41) is 6.33. The van der Waals surface area contributed by atoms with Crippen molar-refractivity contribution >= 4 is 29.9 Å². The number of amides is 2. The fraction of sp³-hybridized carbons (Fsp3) is 0.579. The van der Waals surface area contributed by atoms with Crippen LogP contribution >= 0.6 is 12.4 Å². The number of nitrogens with zero attached hydrogens (tertiary/aromatic N) is 1. The Morgan fingerprint density at radius 1 is 1.27 bits per heavy atom. The van der Waals surface area contributed by atoms with E-state index in [1.807, 2.05) is 29.2 Å². The second-order valence-corrected chi connectivity index (χ2v) is 7.03. The number of hydrogen-bond donors (Lipinski definition) is 2. The molecule has 0 bridgehead atoms. The van der Waals surface area contributed by atoms with Crippen molar-refractivity contribution in [3.8, 4) is 0 Å². The monoisotopic (exact) mass is 381 g/mol. The van der Waals surface area contributed by atoms with Crippen LogP contribution in [0.5, 0.6) is 0 Å². The van der Waals surface area contributed by atoms with Gasteiger partial charge in [0.05, 0.1) is 12.0 Å². The van der Waals surface area contributed by atoms with Gasteiger partial charge in [-0.1, -0.05) is 12.1 Å². The number of ether oxygens (including phenoxy) is 1. The van der Waals surface area contributed by atoms with Gasteiger partial charge < -0.3 is 20.3 Å². The van der Waals surface area contributed by atoms with Crippen LogP contribution in [0.4, 0.5) is 5.69 Å². The quantitative estimate of drug-likeness (QED) is 0.792. The fourth-order valence-corrected chi connectivity index (χ4v) is 3.67. The zero-order valence-corrected chi connectivity index (χ0v) is 16.1. The van der Waals surface area contributed by atoms with Crippen molar-refractivity contribution in [3.05, 3.63) is 29.8 Å². The number of carbonyl (C=O) groups is 2. The molecule has 26 heavy (non-hydrogen) atoms. The maximum Gasteiger partial charge on any atom is 0.233 e. The number of benzene rings is 1. The zero-order chi connectivity index (χ0) is 17.7. The summed E-state index contributed by atoms with van der Waals surface area (Å²) in [5.41, 5.74) is 1.41. The molecular formula is C19H28ClN3O3. The summed E-state index contributed by atoms with van der Waals surface area (Å²) < 4.78 is 5.32. The molecule has 0 unspecified atom stereocenters. The Morgan fingerprint density at radius 3 is 2.54 bits per heavy atom. The van der Waals surface area contributed by atoms with Gasteiger partial charge in [0.1, 0.15) is 0 Å². The number of anilines is 1. The smallest absolute Gasteiger partial charge is 0.233 e. The number of halogens is 1. The van der Waals surface area contributed by atoms with Crippen LogP contribution in [0.1, 0.15) is 31.2 Å². The predicted molar refractivity (Wildman–Crippen MR) is 103 cm³/mol. The summed E-state index contributed by atoms with van der Waals surface area (Å²) in [4.78, 5) is 26.4. The molecule has 2 N–H and O–H groups in total. The summed E-state index contributed by atoms with van der Waals surface area (Å²) in [7, 11) is 1.64. The average Bonchev–Trinajstić information content (AvgIpc) is 3.02. The van der Waals surface area contributed by atoms with Crippen LogP contribution < -0.4 is 10.6 Å². The van der Waals surface area contributed by atoms with Gasteiger partial charge in [-0.15, -0.1) is 12.4 Å². The third kappa shape index (κ3) is 4.75.